The Morgan fingerprint density at radius 3 is 2.71 bits per heavy atom. The van der Waals surface area contributed by atoms with Crippen LogP contribution in [0.15, 0.2) is 17.3 Å². The van der Waals surface area contributed by atoms with Crippen molar-refractivity contribution < 1.29 is 14.4 Å². The lowest BCUT2D eigenvalue weighted by molar-refractivity contribution is -0.116. The van der Waals surface area contributed by atoms with E-state index in [4.69, 9.17) is 0 Å². The highest BCUT2D eigenvalue weighted by Gasteiger charge is 2.08. The Labute approximate surface area is 82.8 Å². The number of carbonyl (C=O) groups excluding carboxylic acids is 2. The highest BCUT2D eigenvalue weighted by atomic mass is 16.7. The standard InChI is InChI=1S/C9H14N2O3/c1-4-5-6-10-14-9(13)11-8(12)7(2)3/h6H,2,4-5H2,1,3H3,(H,11,12,13). The summed E-state index contributed by atoms with van der Waals surface area (Å²) in [6.07, 6.45) is 2.21. The van der Waals surface area contributed by atoms with E-state index < -0.39 is 12.0 Å². The smallest absolute Gasteiger partial charge is 0.298 e. The van der Waals surface area contributed by atoms with Gasteiger partial charge >= 0.3 is 6.09 Å². The van der Waals surface area contributed by atoms with E-state index in [9.17, 15) is 9.59 Å². The molecule has 0 aromatic heterocycles. The van der Waals surface area contributed by atoms with Crippen LogP contribution in [0.3, 0.4) is 0 Å². The zero-order valence-corrected chi connectivity index (χ0v) is 8.37. The van der Waals surface area contributed by atoms with Crippen molar-refractivity contribution in [2.24, 2.45) is 5.16 Å². The molecule has 5 nitrogen and oxygen atoms in total. The van der Waals surface area contributed by atoms with E-state index >= 15 is 0 Å². The van der Waals surface area contributed by atoms with Crippen LogP contribution in [0.4, 0.5) is 4.79 Å². The maximum absolute atomic E-state index is 10.9. The Hall–Kier alpha value is -1.65. The average Bonchev–Trinajstić information content (AvgIpc) is 2.12. The van der Waals surface area contributed by atoms with E-state index in [1.165, 1.54) is 13.1 Å². The molecule has 0 bridgehead atoms. The van der Waals surface area contributed by atoms with Gasteiger partial charge in [0.15, 0.2) is 0 Å². The fourth-order valence-electron chi connectivity index (χ4n) is 0.489. The predicted octanol–water partition coefficient (Wildman–Crippen LogP) is 1.60. The first-order valence-corrected chi connectivity index (χ1v) is 4.27. The molecule has 0 spiro atoms. The maximum Gasteiger partial charge on any atom is 0.440 e. The molecule has 1 N–H and O–H groups in total. The van der Waals surface area contributed by atoms with Crippen LogP contribution in [-0.4, -0.2) is 18.2 Å². The normalized spacial score (nSPS) is 9.86. The van der Waals surface area contributed by atoms with Gasteiger partial charge in [0.2, 0.25) is 0 Å². The van der Waals surface area contributed by atoms with E-state index in [2.05, 4.69) is 16.6 Å². The molecule has 0 rings (SSSR count). The molecule has 0 saturated carbocycles. The van der Waals surface area contributed by atoms with Crippen LogP contribution in [0, 0.1) is 0 Å². The number of nitrogens with one attached hydrogen (secondary N) is 1. The van der Waals surface area contributed by atoms with Crippen LogP contribution in [0.1, 0.15) is 26.7 Å². The fraction of sp³-hybridized carbons (Fsp3) is 0.444. The van der Waals surface area contributed by atoms with E-state index in [0.717, 1.165) is 12.8 Å². The van der Waals surface area contributed by atoms with Gasteiger partial charge in [-0.1, -0.05) is 25.1 Å². The molecular formula is C9H14N2O3. The Kier molecular flexibility index (Phi) is 6.02. The van der Waals surface area contributed by atoms with Crippen LogP contribution in [-0.2, 0) is 9.63 Å². The zero-order chi connectivity index (χ0) is 11.0. The maximum atomic E-state index is 10.9. The number of carbonyl (C=O) groups is 2. The Morgan fingerprint density at radius 1 is 1.57 bits per heavy atom. The van der Waals surface area contributed by atoms with Gasteiger partial charge in [-0.15, -0.1) is 0 Å². The molecule has 0 atom stereocenters. The second kappa shape index (κ2) is 6.82. The van der Waals surface area contributed by atoms with Gasteiger partial charge < -0.3 is 0 Å². The van der Waals surface area contributed by atoms with Crippen molar-refractivity contribution in [3.8, 4) is 0 Å². The Balaban J connectivity index is 3.76. The lowest BCUT2D eigenvalue weighted by Crippen LogP contribution is -2.30. The molecule has 78 valence electrons. The van der Waals surface area contributed by atoms with Crippen molar-refractivity contribution >= 4 is 18.2 Å². The number of imide groups is 1. The summed E-state index contributed by atoms with van der Waals surface area (Å²) in [6.45, 7) is 6.82. The summed E-state index contributed by atoms with van der Waals surface area (Å²) >= 11 is 0. The summed E-state index contributed by atoms with van der Waals surface area (Å²) in [6, 6.07) is 0. The molecule has 0 aliphatic rings. The molecule has 0 saturated heterocycles. The van der Waals surface area contributed by atoms with Gasteiger partial charge in [-0.25, -0.2) is 4.79 Å². The van der Waals surface area contributed by atoms with Crippen molar-refractivity contribution in [3.63, 3.8) is 0 Å². The molecular weight excluding hydrogens is 184 g/mol. The third kappa shape index (κ3) is 5.93. The summed E-state index contributed by atoms with van der Waals surface area (Å²) in [5.74, 6) is -0.569. The van der Waals surface area contributed by atoms with Crippen molar-refractivity contribution in [1.29, 1.82) is 0 Å². The van der Waals surface area contributed by atoms with Crippen molar-refractivity contribution in [2.75, 3.05) is 0 Å². The van der Waals surface area contributed by atoms with Crippen LogP contribution in [0.5, 0.6) is 0 Å². The number of oxime groups is 1. The first kappa shape index (κ1) is 12.3. The first-order valence-electron chi connectivity index (χ1n) is 4.27. The number of hydrogen-bond acceptors (Lipinski definition) is 4. The minimum absolute atomic E-state index is 0.236. The average molecular weight is 198 g/mol. The van der Waals surface area contributed by atoms with Gasteiger partial charge in [-0.2, -0.15) is 0 Å². The number of rotatable bonds is 4. The van der Waals surface area contributed by atoms with Crippen molar-refractivity contribution in [1.82, 2.24) is 5.32 Å². The van der Waals surface area contributed by atoms with E-state index in [1.54, 1.807) is 0 Å². The SMILES string of the molecule is C=C(C)C(=O)NC(=O)ON=CCCC. The summed E-state index contributed by atoms with van der Waals surface area (Å²) in [5, 5.41) is 5.30. The highest BCUT2D eigenvalue weighted by Crippen LogP contribution is 1.88. The van der Waals surface area contributed by atoms with Gasteiger partial charge in [-0.05, 0) is 13.3 Å². The summed E-state index contributed by atoms with van der Waals surface area (Å²) in [4.78, 5) is 26.0. The quantitative estimate of drug-likeness (QED) is 0.323. The minimum Gasteiger partial charge on any atom is -0.298 e. The van der Waals surface area contributed by atoms with E-state index in [-0.39, 0.29) is 5.57 Å². The molecule has 0 unspecified atom stereocenters. The monoisotopic (exact) mass is 198 g/mol. The topological polar surface area (TPSA) is 67.8 Å². The number of nitrogens with zero attached hydrogens (tertiary/aromatic N) is 1. The molecule has 0 aliphatic heterocycles. The molecule has 14 heavy (non-hydrogen) atoms. The molecule has 0 fully saturated rings. The summed E-state index contributed by atoms with van der Waals surface area (Å²) in [5.41, 5.74) is 0.236. The number of amides is 2. The molecule has 0 radical (unpaired) electrons. The summed E-state index contributed by atoms with van der Waals surface area (Å²) in [7, 11) is 0. The Bertz CT molecular complexity index is 259. The first-order chi connectivity index (χ1) is 6.57. The van der Waals surface area contributed by atoms with E-state index in [0.29, 0.717) is 0 Å². The number of hydrogen-bond donors (Lipinski definition) is 1. The largest absolute Gasteiger partial charge is 0.440 e. The van der Waals surface area contributed by atoms with E-state index in [1.807, 2.05) is 12.2 Å². The minimum atomic E-state index is -0.898. The molecule has 2 amide bonds. The van der Waals surface area contributed by atoms with Crippen molar-refractivity contribution in [3.05, 3.63) is 12.2 Å². The number of unbranched alkanes of at least 4 members (excludes halogenated alkanes) is 1. The molecule has 0 aliphatic carbocycles. The lowest BCUT2D eigenvalue weighted by atomic mass is 10.3. The predicted molar refractivity (Wildman–Crippen MR) is 52.8 cm³/mol. The van der Waals surface area contributed by atoms with Crippen LogP contribution in [0.25, 0.3) is 0 Å². The molecule has 0 heterocycles. The molecule has 0 aromatic rings. The Morgan fingerprint density at radius 2 is 2.21 bits per heavy atom. The van der Waals surface area contributed by atoms with Crippen LogP contribution in [0.2, 0.25) is 0 Å². The lowest BCUT2D eigenvalue weighted by Gasteiger charge is -1.99. The van der Waals surface area contributed by atoms with Gasteiger partial charge in [-0.3, -0.25) is 14.9 Å². The second-order valence-corrected chi connectivity index (χ2v) is 2.69. The fourth-order valence-corrected chi connectivity index (χ4v) is 0.489. The highest BCUT2D eigenvalue weighted by molar-refractivity contribution is 6.01. The van der Waals surface area contributed by atoms with Crippen LogP contribution >= 0.6 is 0 Å². The zero-order valence-electron chi connectivity index (χ0n) is 8.37. The van der Waals surface area contributed by atoms with Gasteiger partial charge in [0.05, 0.1) is 0 Å². The van der Waals surface area contributed by atoms with Crippen LogP contribution < -0.4 is 5.32 Å². The van der Waals surface area contributed by atoms with Gasteiger partial charge in [0, 0.05) is 11.8 Å². The van der Waals surface area contributed by atoms with Gasteiger partial charge in [0.1, 0.15) is 0 Å². The third-order valence-corrected chi connectivity index (χ3v) is 1.23. The van der Waals surface area contributed by atoms with Crippen molar-refractivity contribution in [2.45, 2.75) is 26.7 Å². The second-order valence-electron chi connectivity index (χ2n) is 2.69. The molecule has 5 heteroatoms. The molecule has 0 aromatic carbocycles. The third-order valence-electron chi connectivity index (χ3n) is 1.23. The van der Waals surface area contributed by atoms with Gasteiger partial charge in [0.25, 0.3) is 5.91 Å². The summed E-state index contributed by atoms with van der Waals surface area (Å²) < 4.78 is 0.